The van der Waals surface area contributed by atoms with Crippen LogP contribution in [0.15, 0.2) is 4.99 Å². The number of carbonyl (C=O) groups is 2. The van der Waals surface area contributed by atoms with E-state index in [1.807, 2.05) is 0 Å². The van der Waals surface area contributed by atoms with Crippen LogP contribution < -0.4 is 16.8 Å². The summed E-state index contributed by atoms with van der Waals surface area (Å²) in [5.41, 5.74) is 10.8. The first kappa shape index (κ1) is 39.2. The second kappa shape index (κ2) is 31.2. The van der Waals surface area contributed by atoms with Gasteiger partial charge in [-0.1, -0.05) is 149 Å². The van der Waals surface area contributed by atoms with Crippen LogP contribution in [0.25, 0.3) is 0 Å². The van der Waals surface area contributed by atoms with Gasteiger partial charge in [0, 0.05) is 13.0 Å². The zero-order chi connectivity index (χ0) is 30.2. The largest absolute Gasteiger partial charge is 0.464 e. The van der Waals surface area contributed by atoms with E-state index in [9.17, 15) is 9.59 Å². The molecule has 0 aromatic heterocycles. The Morgan fingerprint density at radius 2 is 1.02 bits per heavy atom. The van der Waals surface area contributed by atoms with E-state index in [0.29, 0.717) is 32.4 Å². The highest BCUT2D eigenvalue weighted by Gasteiger charge is 2.21. The van der Waals surface area contributed by atoms with E-state index in [1.54, 1.807) is 0 Å². The van der Waals surface area contributed by atoms with Gasteiger partial charge in [0.05, 0.1) is 6.61 Å². The lowest BCUT2D eigenvalue weighted by atomic mass is 10.0. The number of esters is 1. The first-order valence-corrected chi connectivity index (χ1v) is 17.5. The van der Waals surface area contributed by atoms with Gasteiger partial charge in [0.25, 0.3) is 0 Å². The summed E-state index contributed by atoms with van der Waals surface area (Å²) in [4.78, 5) is 29.3. The van der Waals surface area contributed by atoms with Crippen LogP contribution in [-0.2, 0) is 14.3 Å². The van der Waals surface area contributed by atoms with Gasteiger partial charge in [0.15, 0.2) is 5.96 Å². The van der Waals surface area contributed by atoms with Crippen molar-refractivity contribution in [2.75, 3.05) is 13.2 Å². The van der Waals surface area contributed by atoms with Gasteiger partial charge in [0.1, 0.15) is 6.04 Å². The molecule has 1 amide bonds. The van der Waals surface area contributed by atoms with Crippen LogP contribution in [0.2, 0.25) is 0 Å². The summed E-state index contributed by atoms with van der Waals surface area (Å²) >= 11 is 0. The highest BCUT2D eigenvalue weighted by atomic mass is 16.5. The van der Waals surface area contributed by atoms with E-state index in [1.165, 1.54) is 122 Å². The van der Waals surface area contributed by atoms with Crippen molar-refractivity contribution < 1.29 is 14.3 Å². The molecule has 0 spiro atoms. The number of guanidine groups is 1. The Balaban J connectivity index is 4.03. The van der Waals surface area contributed by atoms with Gasteiger partial charge in [-0.15, -0.1) is 0 Å². The molecule has 0 bridgehead atoms. The number of amides is 1. The highest BCUT2D eigenvalue weighted by Crippen LogP contribution is 2.14. The van der Waals surface area contributed by atoms with E-state index < -0.39 is 6.04 Å². The Bertz CT molecular complexity index is 623. The SMILES string of the molecule is CCCCCCCCCCCCCCCCOC(=O)[C@H](CCCN=C(N)N)NC(=O)CCCCCCCCCCC. The van der Waals surface area contributed by atoms with E-state index >= 15 is 0 Å². The van der Waals surface area contributed by atoms with Gasteiger partial charge in [0.2, 0.25) is 5.91 Å². The van der Waals surface area contributed by atoms with Crippen molar-refractivity contribution >= 4 is 17.8 Å². The number of nitrogens with zero attached hydrogens (tertiary/aromatic N) is 1. The van der Waals surface area contributed by atoms with E-state index in [-0.39, 0.29) is 17.8 Å². The lowest BCUT2D eigenvalue weighted by molar-refractivity contribution is -0.148. The number of carbonyl (C=O) groups excluding carboxylic acids is 2. The summed E-state index contributed by atoms with van der Waals surface area (Å²) in [6, 6.07) is -0.637. The number of unbranched alkanes of at least 4 members (excludes halogenated alkanes) is 21. The zero-order valence-corrected chi connectivity index (χ0v) is 27.2. The molecule has 0 fully saturated rings. The number of hydrogen-bond donors (Lipinski definition) is 3. The fraction of sp³-hybridized carbons (Fsp3) is 0.912. The Morgan fingerprint density at radius 3 is 1.46 bits per heavy atom. The molecule has 0 aliphatic heterocycles. The molecule has 0 saturated heterocycles. The molecule has 0 aliphatic carbocycles. The number of hydrogen-bond acceptors (Lipinski definition) is 4. The maximum absolute atomic E-state index is 12.7. The van der Waals surface area contributed by atoms with Gasteiger partial charge < -0.3 is 21.5 Å². The summed E-state index contributed by atoms with van der Waals surface area (Å²) in [5.74, 6) is -0.380. The topological polar surface area (TPSA) is 120 Å². The van der Waals surface area contributed by atoms with E-state index in [0.717, 1.165) is 25.7 Å². The van der Waals surface area contributed by atoms with Crippen molar-refractivity contribution in [2.24, 2.45) is 16.5 Å². The Kier molecular flexibility index (Phi) is 29.8. The molecule has 41 heavy (non-hydrogen) atoms. The first-order chi connectivity index (χ1) is 20.0. The van der Waals surface area contributed by atoms with Crippen molar-refractivity contribution in [2.45, 2.75) is 187 Å². The molecule has 0 heterocycles. The van der Waals surface area contributed by atoms with E-state index in [2.05, 4.69) is 24.2 Å². The van der Waals surface area contributed by atoms with Gasteiger partial charge in [-0.25, -0.2) is 4.79 Å². The van der Waals surface area contributed by atoms with Crippen molar-refractivity contribution in [1.82, 2.24) is 5.32 Å². The maximum atomic E-state index is 12.7. The molecule has 7 heteroatoms. The molecular weight excluding hydrogens is 512 g/mol. The van der Waals surface area contributed by atoms with Crippen LogP contribution in [0.1, 0.15) is 181 Å². The average Bonchev–Trinajstić information content (AvgIpc) is 2.95. The van der Waals surface area contributed by atoms with Crippen molar-refractivity contribution in [1.29, 1.82) is 0 Å². The second-order valence-electron chi connectivity index (χ2n) is 11.9. The van der Waals surface area contributed by atoms with Crippen LogP contribution in [0.3, 0.4) is 0 Å². The third-order valence-corrected chi connectivity index (χ3v) is 7.81. The predicted octanol–water partition coefficient (Wildman–Crippen LogP) is 8.47. The van der Waals surface area contributed by atoms with Crippen molar-refractivity contribution in [3.8, 4) is 0 Å². The molecule has 5 N–H and O–H groups in total. The van der Waals surface area contributed by atoms with Crippen molar-refractivity contribution in [3.63, 3.8) is 0 Å². The van der Waals surface area contributed by atoms with Gasteiger partial charge in [-0.2, -0.15) is 0 Å². The molecule has 0 saturated carbocycles. The van der Waals surface area contributed by atoms with Crippen LogP contribution in [0.5, 0.6) is 0 Å². The lowest BCUT2D eigenvalue weighted by Gasteiger charge is -2.17. The smallest absolute Gasteiger partial charge is 0.328 e. The molecular formula is C34H68N4O3. The average molecular weight is 581 g/mol. The third-order valence-electron chi connectivity index (χ3n) is 7.81. The molecule has 0 aliphatic rings. The number of aliphatic imine (C=N–C) groups is 1. The quantitative estimate of drug-likeness (QED) is 0.0329. The van der Waals surface area contributed by atoms with Crippen molar-refractivity contribution in [3.05, 3.63) is 0 Å². The summed E-state index contributed by atoms with van der Waals surface area (Å²) in [5, 5.41) is 2.91. The lowest BCUT2D eigenvalue weighted by Crippen LogP contribution is -2.42. The normalized spacial score (nSPS) is 11.8. The fourth-order valence-corrected chi connectivity index (χ4v) is 5.19. The molecule has 242 valence electrons. The number of ether oxygens (including phenoxy) is 1. The molecule has 1 atom stereocenters. The van der Waals surface area contributed by atoms with Crippen LogP contribution in [-0.4, -0.2) is 37.0 Å². The molecule has 0 aromatic rings. The van der Waals surface area contributed by atoms with E-state index in [4.69, 9.17) is 16.2 Å². The maximum Gasteiger partial charge on any atom is 0.328 e. The Morgan fingerprint density at radius 1 is 0.610 bits per heavy atom. The van der Waals surface area contributed by atoms with Crippen LogP contribution in [0, 0.1) is 0 Å². The third kappa shape index (κ3) is 29.5. The second-order valence-corrected chi connectivity index (χ2v) is 11.9. The molecule has 0 rings (SSSR count). The number of nitrogens with one attached hydrogen (secondary N) is 1. The molecule has 0 unspecified atom stereocenters. The Hall–Kier alpha value is -1.79. The van der Waals surface area contributed by atoms with Gasteiger partial charge in [-0.05, 0) is 25.7 Å². The first-order valence-electron chi connectivity index (χ1n) is 17.5. The van der Waals surface area contributed by atoms with Gasteiger partial charge >= 0.3 is 5.97 Å². The Labute approximate surface area is 253 Å². The number of rotatable bonds is 31. The van der Waals surface area contributed by atoms with Crippen LogP contribution >= 0.6 is 0 Å². The molecule has 0 aromatic carbocycles. The minimum absolute atomic E-state index is 0.0383. The number of nitrogens with two attached hydrogens (primary N) is 2. The summed E-state index contributed by atoms with van der Waals surface area (Å²) < 4.78 is 5.55. The minimum Gasteiger partial charge on any atom is -0.464 e. The van der Waals surface area contributed by atoms with Crippen LogP contribution in [0.4, 0.5) is 0 Å². The predicted molar refractivity (Wildman–Crippen MR) is 175 cm³/mol. The minimum atomic E-state index is -0.637. The fourth-order valence-electron chi connectivity index (χ4n) is 5.19. The molecule has 7 nitrogen and oxygen atoms in total. The monoisotopic (exact) mass is 581 g/mol. The summed E-state index contributed by atoms with van der Waals surface area (Å²) in [6.45, 7) is 5.35. The standard InChI is InChI=1S/C34H68N4O3/c1-3-5-7-9-11-13-14-15-16-17-19-21-23-25-30-41-33(40)31(27-26-29-37-34(35)36)38-32(39)28-24-22-20-18-12-10-8-6-4-2/h31H,3-30H2,1-2H3,(H,38,39)(H4,35,36,37)/t31-/m0/s1. The molecule has 0 radical (unpaired) electrons. The van der Waals surface area contributed by atoms with Gasteiger partial charge in [-0.3, -0.25) is 9.79 Å². The summed E-state index contributed by atoms with van der Waals surface area (Å²) in [6.07, 6.45) is 30.5. The zero-order valence-electron chi connectivity index (χ0n) is 27.2. The highest BCUT2D eigenvalue weighted by molar-refractivity contribution is 5.84. The summed E-state index contributed by atoms with van der Waals surface area (Å²) in [7, 11) is 0.